The summed E-state index contributed by atoms with van der Waals surface area (Å²) >= 11 is 0. The van der Waals surface area contributed by atoms with Crippen molar-refractivity contribution in [1.82, 2.24) is 14.2 Å². The quantitative estimate of drug-likeness (QED) is 0.770. The van der Waals surface area contributed by atoms with E-state index in [0.717, 1.165) is 19.0 Å². The third kappa shape index (κ3) is 3.72. The highest BCUT2D eigenvalue weighted by Crippen LogP contribution is 2.24. The van der Waals surface area contributed by atoms with Gasteiger partial charge < -0.3 is 10.2 Å². The second kappa shape index (κ2) is 7.26. The Morgan fingerprint density at radius 1 is 1.15 bits per heavy atom. The van der Waals surface area contributed by atoms with E-state index >= 15 is 0 Å². The van der Waals surface area contributed by atoms with E-state index in [2.05, 4.69) is 22.2 Å². The first-order valence-electron chi connectivity index (χ1n) is 9.29. The molecule has 3 aromatic rings. The summed E-state index contributed by atoms with van der Waals surface area (Å²) in [4.78, 5) is 26.9. The van der Waals surface area contributed by atoms with Gasteiger partial charge in [-0.25, -0.2) is 9.48 Å². The average Bonchev–Trinajstić information content (AvgIpc) is 2.99. The number of hydrogen-bond donors (Lipinski definition) is 1. The van der Waals surface area contributed by atoms with Crippen LogP contribution in [0, 0.1) is 5.92 Å². The third-order valence-corrected chi connectivity index (χ3v) is 5.08. The van der Waals surface area contributed by atoms with E-state index in [-0.39, 0.29) is 18.1 Å². The van der Waals surface area contributed by atoms with E-state index in [0.29, 0.717) is 11.3 Å². The zero-order chi connectivity index (χ0) is 18.8. The van der Waals surface area contributed by atoms with Gasteiger partial charge in [0, 0.05) is 30.7 Å². The Balaban J connectivity index is 1.40. The molecule has 0 aliphatic carbocycles. The van der Waals surface area contributed by atoms with Crippen molar-refractivity contribution in [2.24, 2.45) is 5.92 Å². The number of carbonyl (C=O) groups excluding carboxylic acids is 1. The van der Waals surface area contributed by atoms with E-state index < -0.39 is 0 Å². The maximum absolute atomic E-state index is 12.3. The SMILES string of the molecule is CC1CCN(c2ccc(NC(=O)Cn3nc4ccccn4c3=O)cc2)CC1. The fourth-order valence-corrected chi connectivity index (χ4v) is 3.43. The highest BCUT2D eigenvalue weighted by Gasteiger charge is 2.16. The maximum atomic E-state index is 12.3. The molecule has 4 rings (SSSR count). The molecule has 0 unspecified atom stereocenters. The molecule has 1 saturated heterocycles. The Hall–Kier alpha value is -3.09. The second-order valence-corrected chi connectivity index (χ2v) is 7.13. The van der Waals surface area contributed by atoms with Crippen molar-refractivity contribution < 1.29 is 4.79 Å². The summed E-state index contributed by atoms with van der Waals surface area (Å²) in [5.74, 6) is 0.517. The van der Waals surface area contributed by atoms with E-state index in [1.54, 1.807) is 24.4 Å². The highest BCUT2D eigenvalue weighted by atomic mass is 16.2. The maximum Gasteiger partial charge on any atom is 0.350 e. The molecule has 0 atom stereocenters. The summed E-state index contributed by atoms with van der Waals surface area (Å²) in [6, 6.07) is 13.2. The lowest BCUT2D eigenvalue weighted by atomic mass is 9.99. The second-order valence-electron chi connectivity index (χ2n) is 7.13. The van der Waals surface area contributed by atoms with E-state index in [9.17, 15) is 9.59 Å². The van der Waals surface area contributed by atoms with Crippen LogP contribution in [0.25, 0.3) is 5.65 Å². The lowest BCUT2D eigenvalue weighted by Gasteiger charge is -2.32. The van der Waals surface area contributed by atoms with Gasteiger partial charge in [0.25, 0.3) is 0 Å². The molecular formula is C20H23N5O2. The van der Waals surface area contributed by atoms with Crippen molar-refractivity contribution in [3.63, 3.8) is 0 Å². The molecule has 1 N–H and O–H groups in total. The minimum Gasteiger partial charge on any atom is -0.372 e. The molecule has 0 radical (unpaired) electrons. The monoisotopic (exact) mass is 365 g/mol. The van der Waals surface area contributed by atoms with Gasteiger partial charge >= 0.3 is 5.69 Å². The summed E-state index contributed by atoms with van der Waals surface area (Å²) in [6.45, 7) is 4.32. The summed E-state index contributed by atoms with van der Waals surface area (Å²) < 4.78 is 2.59. The number of anilines is 2. The summed E-state index contributed by atoms with van der Waals surface area (Å²) in [5.41, 5.74) is 2.09. The zero-order valence-electron chi connectivity index (χ0n) is 15.3. The summed E-state index contributed by atoms with van der Waals surface area (Å²) in [5, 5.41) is 7.01. The fraction of sp³-hybridized carbons (Fsp3) is 0.350. The van der Waals surface area contributed by atoms with Crippen molar-refractivity contribution in [2.75, 3.05) is 23.3 Å². The van der Waals surface area contributed by atoms with Crippen molar-refractivity contribution in [3.05, 3.63) is 59.1 Å². The van der Waals surface area contributed by atoms with Crippen LogP contribution in [0.15, 0.2) is 53.5 Å². The Labute approximate surface area is 157 Å². The first-order chi connectivity index (χ1) is 13.1. The molecular weight excluding hydrogens is 342 g/mol. The van der Waals surface area contributed by atoms with Crippen LogP contribution in [0.2, 0.25) is 0 Å². The lowest BCUT2D eigenvalue weighted by Crippen LogP contribution is -2.32. The van der Waals surface area contributed by atoms with Crippen LogP contribution in [0.4, 0.5) is 11.4 Å². The van der Waals surface area contributed by atoms with Crippen molar-refractivity contribution >= 4 is 22.9 Å². The number of fused-ring (bicyclic) bond motifs is 1. The minimum atomic E-state index is -0.324. The number of benzene rings is 1. The molecule has 7 heteroatoms. The van der Waals surface area contributed by atoms with Gasteiger partial charge in [0.2, 0.25) is 5.91 Å². The Bertz CT molecular complexity index is 997. The number of pyridine rings is 1. The van der Waals surface area contributed by atoms with Gasteiger partial charge in [-0.2, -0.15) is 0 Å². The molecule has 27 heavy (non-hydrogen) atoms. The van der Waals surface area contributed by atoms with Crippen LogP contribution >= 0.6 is 0 Å². The Morgan fingerprint density at radius 3 is 2.59 bits per heavy atom. The van der Waals surface area contributed by atoms with Gasteiger partial charge in [0.1, 0.15) is 6.54 Å². The largest absolute Gasteiger partial charge is 0.372 e. The van der Waals surface area contributed by atoms with Gasteiger partial charge in [-0.3, -0.25) is 9.20 Å². The molecule has 0 saturated carbocycles. The molecule has 1 aromatic carbocycles. The molecule has 1 aliphatic heterocycles. The molecule has 1 fully saturated rings. The molecule has 1 amide bonds. The van der Waals surface area contributed by atoms with Gasteiger partial charge in [-0.05, 0) is 55.2 Å². The fourth-order valence-electron chi connectivity index (χ4n) is 3.43. The van der Waals surface area contributed by atoms with Crippen LogP contribution in [-0.2, 0) is 11.3 Å². The molecule has 0 bridgehead atoms. The number of aromatic nitrogens is 3. The predicted octanol–water partition coefficient (Wildman–Crippen LogP) is 2.37. The minimum absolute atomic E-state index is 0.119. The van der Waals surface area contributed by atoms with Gasteiger partial charge in [0.15, 0.2) is 5.65 Å². The Morgan fingerprint density at radius 2 is 1.89 bits per heavy atom. The number of piperidine rings is 1. The van der Waals surface area contributed by atoms with Crippen molar-refractivity contribution in [3.8, 4) is 0 Å². The van der Waals surface area contributed by atoms with Crippen LogP contribution in [0.5, 0.6) is 0 Å². The van der Waals surface area contributed by atoms with E-state index in [1.807, 2.05) is 24.3 Å². The third-order valence-electron chi connectivity index (χ3n) is 5.08. The number of rotatable bonds is 4. The summed E-state index contributed by atoms with van der Waals surface area (Å²) in [6.07, 6.45) is 4.07. The molecule has 2 aromatic heterocycles. The molecule has 1 aliphatic rings. The number of hydrogen-bond acceptors (Lipinski definition) is 4. The van der Waals surface area contributed by atoms with Gasteiger partial charge in [0.05, 0.1) is 0 Å². The van der Waals surface area contributed by atoms with Crippen LogP contribution in [-0.4, -0.2) is 33.2 Å². The van der Waals surface area contributed by atoms with Crippen LogP contribution in [0.3, 0.4) is 0 Å². The van der Waals surface area contributed by atoms with Crippen LogP contribution < -0.4 is 15.9 Å². The zero-order valence-corrected chi connectivity index (χ0v) is 15.3. The molecule has 7 nitrogen and oxygen atoms in total. The van der Waals surface area contributed by atoms with Crippen molar-refractivity contribution in [1.29, 1.82) is 0 Å². The number of nitrogens with one attached hydrogen (secondary N) is 1. The van der Waals surface area contributed by atoms with E-state index in [4.69, 9.17) is 0 Å². The Kier molecular flexibility index (Phi) is 4.66. The van der Waals surface area contributed by atoms with Crippen molar-refractivity contribution in [2.45, 2.75) is 26.3 Å². The lowest BCUT2D eigenvalue weighted by molar-refractivity contribution is -0.117. The first kappa shape index (κ1) is 17.3. The molecule has 3 heterocycles. The first-order valence-corrected chi connectivity index (χ1v) is 9.29. The molecule has 0 spiro atoms. The number of nitrogens with zero attached hydrogens (tertiary/aromatic N) is 4. The normalized spacial score (nSPS) is 15.2. The summed E-state index contributed by atoms with van der Waals surface area (Å²) in [7, 11) is 0. The van der Waals surface area contributed by atoms with E-state index in [1.165, 1.54) is 27.6 Å². The predicted molar refractivity (Wildman–Crippen MR) is 105 cm³/mol. The van der Waals surface area contributed by atoms with Gasteiger partial charge in [-0.15, -0.1) is 5.10 Å². The standard InChI is InChI=1S/C20H23N5O2/c1-15-9-12-23(13-10-15)17-7-5-16(6-8-17)21-19(26)14-25-20(27)24-11-3-2-4-18(24)22-25/h2-8,11,15H,9-10,12-14H2,1H3,(H,21,26). The smallest absolute Gasteiger partial charge is 0.350 e. The average molecular weight is 365 g/mol. The van der Waals surface area contributed by atoms with Crippen LogP contribution in [0.1, 0.15) is 19.8 Å². The topological polar surface area (TPSA) is 71.6 Å². The van der Waals surface area contributed by atoms with Gasteiger partial charge in [-0.1, -0.05) is 13.0 Å². The highest BCUT2D eigenvalue weighted by molar-refractivity contribution is 5.90. The number of carbonyl (C=O) groups is 1. The molecule has 140 valence electrons. The number of amides is 1.